The van der Waals surface area contributed by atoms with Gasteiger partial charge in [-0.05, 0) is 30.5 Å². The molecule has 78 valence electrons. The van der Waals surface area contributed by atoms with E-state index in [0.29, 0.717) is 0 Å². The summed E-state index contributed by atoms with van der Waals surface area (Å²) in [6, 6.07) is 8.29. The normalized spacial score (nSPS) is 10.9. The first kappa shape index (κ1) is 10.4. The number of hydrogen-bond donors (Lipinski definition) is 0. The van der Waals surface area contributed by atoms with Crippen LogP contribution < -0.4 is 0 Å². The predicted octanol–water partition coefficient (Wildman–Crippen LogP) is 4.01. The third-order valence-corrected chi connectivity index (χ3v) is 3.18. The van der Waals surface area contributed by atoms with Gasteiger partial charge < -0.3 is 0 Å². The minimum absolute atomic E-state index is 0.722. The molecule has 0 fully saturated rings. The molecule has 0 radical (unpaired) electrons. The van der Waals surface area contributed by atoms with E-state index in [4.69, 9.17) is 0 Å². The average molecular weight is 217 g/mol. The molecule has 0 aliphatic carbocycles. The molecule has 2 heteroatoms. The molecule has 0 spiro atoms. The van der Waals surface area contributed by atoms with Crippen LogP contribution in [-0.2, 0) is 6.42 Å². The smallest absolute Gasteiger partial charge is 0.0710 e. The monoisotopic (exact) mass is 217 g/mol. The number of rotatable bonds is 3. The lowest BCUT2D eigenvalue weighted by Crippen LogP contribution is -1.89. The van der Waals surface area contributed by atoms with Gasteiger partial charge in [0.05, 0.1) is 5.69 Å². The molecule has 0 aliphatic rings. The van der Waals surface area contributed by atoms with Gasteiger partial charge in [-0.2, -0.15) is 0 Å². The zero-order valence-electron chi connectivity index (χ0n) is 9.10. The molecular weight excluding hydrogens is 202 g/mol. The standard InChI is InChI=1S/C13H15NS/c1-10(2)7-12-8-11(9-15-12)13-5-3-4-6-14-13/h3-6,8-10H,7H2,1-2H3. The molecule has 2 aromatic heterocycles. The van der Waals surface area contributed by atoms with Crippen LogP contribution in [0, 0.1) is 5.92 Å². The summed E-state index contributed by atoms with van der Waals surface area (Å²) in [6.45, 7) is 4.50. The summed E-state index contributed by atoms with van der Waals surface area (Å²) >= 11 is 1.83. The third-order valence-electron chi connectivity index (χ3n) is 2.22. The molecule has 2 rings (SSSR count). The van der Waals surface area contributed by atoms with Crippen molar-refractivity contribution in [2.75, 3.05) is 0 Å². The van der Waals surface area contributed by atoms with Gasteiger partial charge in [-0.1, -0.05) is 19.9 Å². The maximum Gasteiger partial charge on any atom is 0.0710 e. The zero-order valence-corrected chi connectivity index (χ0v) is 9.92. The van der Waals surface area contributed by atoms with Crippen LogP contribution in [0.4, 0.5) is 0 Å². The first-order valence-electron chi connectivity index (χ1n) is 5.24. The zero-order chi connectivity index (χ0) is 10.7. The molecule has 0 bridgehead atoms. The molecule has 2 heterocycles. The summed E-state index contributed by atoms with van der Waals surface area (Å²) in [5.41, 5.74) is 2.32. The molecule has 0 aliphatic heterocycles. The van der Waals surface area contributed by atoms with E-state index >= 15 is 0 Å². The molecule has 0 saturated heterocycles. The largest absolute Gasteiger partial charge is 0.256 e. The predicted molar refractivity (Wildman–Crippen MR) is 66.1 cm³/mol. The van der Waals surface area contributed by atoms with Crippen LogP contribution in [0.1, 0.15) is 18.7 Å². The lowest BCUT2D eigenvalue weighted by molar-refractivity contribution is 0.654. The van der Waals surface area contributed by atoms with Gasteiger partial charge in [0.25, 0.3) is 0 Å². The van der Waals surface area contributed by atoms with E-state index in [1.807, 2.05) is 29.7 Å². The van der Waals surface area contributed by atoms with Crippen LogP contribution in [0.3, 0.4) is 0 Å². The Hall–Kier alpha value is -1.15. The Morgan fingerprint density at radius 3 is 2.87 bits per heavy atom. The van der Waals surface area contributed by atoms with Gasteiger partial charge in [0.15, 0.2) is 0 Å². The molecule has 0 saturated carbocycles. The Morgan fingerprint density at radius 2 is 2.20 bits per heavy atom. The van der Waals surface area contributed by atoms with Crippen LogP contribution >= 0.6 is 11.3 Å². The second kappa shape index (κ2) is 4.58. The van der Waals surface area contributed by atoms with Crippen LogP contribution in [0.2, 0.25) is 0 Å². The first-order valence-corrected chi connectivity index (χ1v) is 6.12. The fourth-order valence-electron chi connectivity index (χ4n) is 1.56. The van der Waals surface area contributed by atoms with E-state index in [2.05, 4.69) is 36.3 Å². The van der Waals surface area contributed by atoms with Gasteiger partial charge in [0, 0.05) is 22.0 Å². The molecule has 0 unspecified atom stereocenters. The van der Waals surface area contributed by atoms with Crippen LogP contribution in [0.25, 0.3) is 11.3 Å². The Kier molecular flexibility index (Phi) is 3.17. The summed E-state index contributed by atoms with van der Waals surface area (Å²) in [5, 5.41) is 2.19. The van der Waals surface area contributed by atoms with Gasteiger partial charge >= 0.3 is 0 Å². The van der Waals surface area contributed by atoms with Crippen LogP contribution in [-0.4, -0.2) is 4.98 Å². The van der Waals surface area contributed by atoms with Gasteiger partial charge in [-0.3, -0.25) is 4.98 Å². The highest BCUT2D eigenvalue weighted by Crippen LogP contribution is 2.25. The van der Waals surface area contributed by atoms with Gasteiger partial charge in [0.2, 0.25) is 0 Å². The van der Waals surface area contributed by atoms with Crippen LogP contribution in [0.5, 0.6) is 0 Å². The number of hydrogen-bond acceptors (Lipinski definition) is 2. The SMILES string of the molecule is CC(C)Cc1cc(-c2ccccn2)cs1. The highest BCUT2D eigenvalue weighted by Gasteiger charge is 2.04. The van der Waals surface area contributed by atoms with E-state index in [1.54, 1.807) is 0 Å². The summed E-state index contributed by atoms with van der Waals surface area (Å²) in [5.74, 6) is 0.722. The summed E-state index contributed by atoms with van der Waals surface area (Å²) < 4.78 is 0. The van der Waals surface area contributed by atoms with Gasteiger partial charge in [0.1, 0.15) is 0 Å². The topological polar surface area (TPSA) is 12.9 Å². The van der Waals surface area contributed by atoms with Crippen molar-refractivity contribution in [1.29, 1.82) is 0 Å². The summed E-state index contributed by atoms with van der Waals surface area (Å²) in [6.07, 6.45) is 3.01. The summed E-state index contributed by atoms with van der Waals surface area (Å²) in [4.78, 5) is 5.80. The van der Waals surface area contributed by atoms with Crippen molar-refractivity contribution in [3.05, 3.63) is 40.7 Å². The molecule has 0 amide bonds. The highest BCUT2D eigenvalue weighted by molar-refractivity contribution is 7.10. The van der Waals surface area contributed by atoms with Crippen molar-refractivity contribution in [3.63, 3.8) is 0 Å². The Morgan fingerprint density at radius 1 is 1.33 bits per heavy atom. The first-order chi connectivity index (χ1) is 7.25. The van der Waals surface area contributed by atoms with E-state index in [0.717, 1.165) is 18.0 Å². The second-order valence-corrected chi connectivity index (χ2v) is 5.11. The van der Waals surface area contributed by atoms with E-state index < -0.39 is 0 Å². The van der Waals surface area contributed by atoms with Crippen molar-refractivity contribution in [2.24, 2.45) is 5.92 Å². The Bertz CT molecular complexity index is 417. The lowest BCUT2D eigenvalue weighted by atomic mass is 10.1. The Labute approximate surface area is 94.8 Å². The fraction of sp³-hybridized carbons (Fsp3) is 0.308. The highest BCUT2D eigenvalue weighted by atomic mass is 32.1. The number of nitrogens with zero attached hydrogens (tertiary/aromatic N) is 1. The van der Waals surface area contributed by atoms with E-state index in [9.17, 15) is 0 Å². The fourth-order valence-corrected chi connectivity index (χ4v) is 2.65. The van der Waals surface area contributed by atoms with Crippen molar-refractivity contribution in [1.82, 2.24) is 4.98 Å². The maximum atomic E-state index is 4.35. The van der Waals surface area contributed by atoms with Gasteiger partial charge in [-0.25, -0.2) is 0 Å². The van der Waals surface area contributed by atoms with E-state index in [-0.39, 0.29) is 0 Å². The quantitative estimate of drug-likeness (QED) is 0.757. The molecular formula is C13H15NS. The van der Waals surface area contributed by atoms with Crippen molar-refractivity contribution in [2.45, 2.75) is 20.3 Å². The molecule has 0 atom stereocenters. The van der Waals surface area contributed by atoms with Crippen LogP contribution in [0.15, 0.2) is 35.8 Å². The second-order valence-electron chi connectivity index (χ2n) is 4.11. The average Bonchev–Trinajstić information content (AvgIpc) is 2.67. The Balaban J connectivity index is 2.21. The minimum Gasteiger partial charge on any atom is -0.256 e. The number of pyridine rings is 1. The van der Waals surface area contributed by atoms with Crippen molar-refractivity contribution >= 4 is 11.3 Å². The van der Waals surface area contributed by atoms with Crippen molar-refractivity contribution < 1.29 is 0 Å². The van der Waals surface area contributed by atoms with Gasteiger partial charge in [-0.15, -0.1) is 11.3 Å². The minimum atomic E-state index is 0.722. The summed E-state index contributed by atoms with van der Waals surface area (Å²) in [7, 11) is 0. The molecule has 0 aromatic carbocycles. The molecule has 1 nitrogen and oxygen atoms in total. The molecule has 0 N–H and O–H groups in total. The molecule has 15 heavy (non-hydrogen) atoms. The number of thiophene rings is 1. The number of aromatic nitrogens is 1. The molecule has 2 aromatic rings. The van der Waals surface area contributed by atoms with E-state index in [1.165, 1.54) is 10.4 Å². The lowest BCUT2D eigenvalue weighted by Gasteiger charge is -1.99. The van der Waals surface area contributed by atoms with Crippen molar-refractivity contribution in [3.8, 4) is 11.3 Å². The third kappa shape index (κ3) is 2.66. The maximum absolute atomic E-state index is 4.35.